The maximum Gasteiger partial charge on any atom is 0.142 e. The Morgan fingerprint density at radius 3 is 1.56 bits per heavy atom. The maximum atomic E-state index is 10.1. The summed E-state index contributed by atoms with van der Waals surface area (Å²) in [6.45, 7) is 0. The molecule has 0 aliphatic heterocycles. The van der Waals surface area contributed by atoms with Crippen molar-refractivity contribution in [3.05, 3.63) is 19.7 Å². The van der Waals surface area contributed by atoms with Gasteiger partial charge in [0.1, 0.15) is 11.5 Å². The van der Waals surface area contributed by atoms with Gasteiger partial charge in [-0.25, -0.2) is 0 Å². The maximum absolute atomic E-state index is 10.1. The van der Waals surface area contributed by atoms with Crippen molar-refractivity contribution in [3.63, 3.8) is 0 Å². The third-order valence-electron chi connectivity index (χ3n) is 2.34. The molecule has 0 fully saturated rings. The van der Waals surface area contributed by atoms with E-state index in [0.717, 1.165) is 7.57 Å². The third-order valence-corrected chi connectivity index (χ3v) is 5.63. The van der Waals surface area contributed by atoms with Crippen molar-refractivity contribution < 1.29 is 10.2 Å². The number of halogens is 2. The normalized spacial score (nSPS) is 11.6. The molecule has 82 valence electrons. The third kappa shape index (κ3) is 1.40. The van der Waals surface area contributed by atoms with E-state index < -0.39 is 0 Å². The van der Waals surface area contributed by atoms with Crippen LogP contribution in [-0.2, 0) is 0 Å². The second kappa shape index (κ2) is 3.60. The highest BCUT2D eigenvalue weighted by Crippen LogP contribution is 2.49. The van der Waals surface area contributed by atoms with E-state index in [4.69, 9.17) is 0 Å². The van der Waals surface area contributed by atoms with Crippen LogP contribution < -0.4 is 0 Å². The smallest absolute Gasteiger partial charge is 0.142 e. The number of hydrogen-bond donors (Lipinski definition) is 2. The monoisotopic (exact) mass is 378 g/mol. The quantitative estimate of drug-likeness (QED) is 0.536. The Morgan fingerprint density at radius 1 is 0.812 bits per heavy atom. The molecule has 6 heteroatoms. The van der Waals surface area contributed by atoms with Crippen LogP contribution in [-0.4, -0.2) is 10.2 Å². The predicted molar refractivity (Wildman–Crippen MR) is 75.9 cm³/mol. The highest BCUT2D eigenvalue weighted by Gasteiger charge is 2.17. The molecule has 0 aliphatic rings. The van der Waals surface area contributed by atoms with Crippen molar-refractivity contribution >= 4 is 74.7 Å². The number of rotatable bonds is 0. The largest absolute Gasteiger partial charge is 0.506 e. The standard InChI is InChI=1S/C10H4Br2O2S2/c11-5-1-3-7(13)10-4(2-6(12)16-10)8(14)9(3)15-5/h1-2,13-14H. The first-order chi connectivity index (χ1) is 7.58. The van der Waals surface area contributed by atoms with Crippen LogP contribution in [0.15, 0.2) is 19.7 Å². The minimum absolute atomic E-state index is 0.237. The zero-order valence-corrected chi connectivity index (χ0v) is 12.4. The van der Waals surface area contributed by atoms with Crippen molar-refractivity contribution in [3.8, 4) is 11.5 Å². The SMILES string of the molecule is Oc1c2cc(Br)sc2c(O)c2cc(Br)sc12. The summed E-state index contributed by atoms with van der Waals surface area (Å²) >= 11 is 9.54. The molecule has 2 nitrogen and oxygen atoms in total. The minimum atomic E-state index is 0.237. The van der Waals surface area contributed by atoms with Crippen molar-refractivity contribution in [1.82, 2.24) is 0 Å². The Morgan fingerprint density at radius 2 is 1.19 bits per heavy atom. The first kappa shape index (κ1) is 10.8. The van der Waals surface area contributed by atoms with E-state index in [1.165, 1.54) is 22.7 Å². The van der Waals surface area contributed by atoms with E-state index in [-0.39, 0.29) is 11.5 Å². The zero-order chi connectivity index (χ0) is 11.4. The molecule has 0 saturated carbocycles. The van der Waals surface area contributed by atoms with Crippen LogP contribution in [0.3, 0.4) is 0 Å². The van der Waals surface area contributed by atoms with Crippen LogP contribution in [0, 0.1) is 0 Å². The van der Waals surface area contributed by atoms with Gasteiger partial charge in [0, 0.05) is 10.8 Å². The summed E-state index contributed by atoms with van der Waals surface area (Å²) in [5.41, 5.74) is 0. The van der Waals surface area contributed by atoms with Crippen LogP contribution >= 0.6 is 54.5 Å². The fourth-order valence-electron chi connectivity index (χ4n) is 1.67. The average molecular weight is 380 g/mol. The van der Waals surface area contributed by atoms with Gasteiger partial charge in [-0.2, -0.15) is 0 Å². The number of fused-ring (bicyclic) bond motifs is 2. The second-order valence-electron chi connectivity index (χ2n) is 3.28. The van der Waals surface area contributed by atoms with Gasteiger partial charge >= 0.3 is 0 Å². The molecule has 0 amide bonds. The number of thiophene rings is 2. The minimum Gasteiger partial charge on any atom is -0.506 e. The molecule has 2 heterocycles. The van der Waals surface area contributed by atoms with Crippen LogP contribution in [0.5, 0.6) is 11.5 Å². The van der Waals surface area contributed by atoms with Gasteiger partial charge in [0.25, 0.3) is 0 Å². The van der Waals surface area contributed by atoms with E-state index in [2.05, 4.69) is 31.9 Å². The molecule has 16 heavy (non-hydrogen) atoms. The molecular weight excluding hydrogens is 376 g/mol. The summed E-state index contributed by atoms with van der Waals surface area (Å²) in [6.07, 6.45) is 0. The van der Waals surface area contributed by atoms with E-state index in [9.17, 15) is 10.2 Å². The van der Waals surface area contributed by atoms with Gasteiger partial charge in [-0.15, -0.1) is 22.7 Å². The second-order valence-corrected chi connectivity index (χ2v) is 8.15. The summed E-state index contributed by atoms with van der Waals surface area (Å²) in [4.78, 5) is 0. The Bertz CT molecular complexity index is 600. The number of phenols is 2. The van der Waals surface area contributed by atoms with Gasteiger partial charge in [0.15, 0.2) is 0 Å². The van der Waals surface area contributed by atoms with Gasteiger partial charge in [-0.3, -0.25) is 0 Å². The van der Waals surface area contributed by atoms with E-state index in [1.54, 1.807) is 0 Å². The summed E-state index contributed by atoms with van der Waals surface area (Å²) in [7, 11) is 0. The fourth-order valence-corrected chi connectivity index (χ4v) is 4.79. The van der Waals surface area contributed by atoms with E-state index >= 15 is 0 Å². The van der Waals surface area contributed by atoms with Crippen LogP contribution in [0.1, 0.15) is 0 Å². The lowest BCUT2D eigenvalue weighted by molar-refractivity contribution is 0.480. The average Bonchev–Trinajstić information content (AvgIpc) is 2.78. The highest BCUT2D eigenvalue weighted by atomic mass is 79.9. The first-order valence-electron chi connectivity index (χ1n) is 4.30. The van der Waals surface area contributed by atoms with Crippen molar-refractivity contribution in [2.45, 2.75) is 0 Å². The first-order valence-corrected chi connectivity index (χ1v) is 7.52. The van der Waals surface area contributed by atoms with E-state index in [1.807, 2.05) is 12.1 Å². The van der Waals surface area contributed by atoms with Gasteiger partial charge in [-0.05, 0) is 44.0 Å². The lowest BCUT2D eigenvalue weighted by atomic mass is 10.2. The molecule has 3 aromatic rings. The summed E-state index contributed by atoms with van der Waals surface area (Å²) in [5, 5.41) is 21.6. The van der Waals surface area contributed by atoms with Crippen molar-refractivity contribution in [2.75, 3.05) is 0 Å². The summed E-state index contributed by atoms with van der Waals surface area (Å²) < 4.78 is 3.21. The molecule has 0 radical (unpaired) electrons. The molecule has 0 spiro atoms. The lowest BCUT2D eigenvalue weighted by Crippen LogP contribution is -1.71. The topological polar surface area (TPSA) is 40.5 Å². The summed E-state index contributed by atoms with van der Waals surface area (Å²) in [6, 6.07) is 3.64. The van der Waals surface area contributed by atoms with Crippen LogP contribution in [0.4, 0.5) is 0 Å². The lowest BCUT2D eigenvalue weighted by Gasteiger charge is -2.00. The Kier molecular flexibility index (Phi) is 2.43. The fraction of sp³-hybridized carbons (Fsp3) is 0. The number of aromatic hydroxyl groups is 2. The molecule has 2 aromatic heterocycles. The molecule has 0 saturated heterocycles. The van der Waals surface area contributed by atoms with Gasteiger partial charge < -0.3 is 10.2 Å². The number of phenolic OH excluding ortho intramolecular Hbond substituents is 2. The Labute approximate surface area is 115 Å². The zero-order valence-electron chi connectivity index (χ0n) is 7.62. The molecule has 0 atom stereocenters. The Hall–Kier alpha value is -0.300. The van der Waals surface area contributed by atoms with Gasteiger partial charge in [-0.1, -0.05) is 0 Å². The highest BCUT2D eigenvalue weighted by molar-refractivity contribution is 9.11. The predicted octanol–water partition coefficient (Wildman–Crippen LogP) is 5.05. The van der Waals surface area contributed by atoms with Gasteiger partial charge in [0.05, 0.1) is 17.0 Å². The molecule has 0 aliphatic carbocycles. The van der Waals surface area contributed by atoms with Crippen molar-refractivity contribution in [2.24, 2.45) is 0 Å². The number of hydrogen-bond acceptors (Lipinski definition) is 4. The molecule has 1 aromatic carbocycles. The number of benzene rings is 1. The van der Waals surface area contributed by atoms with Crippen molar-refractivity contribution in [1.29, 1.82) is 0 Å². The van der Waals surface area contributed by atoms with Gasteiger partial charge in [0.2, 0.25) is 0 Å². The Balaban J connectivity index is 2.63. The summed E-state index contributed by atoms with van der Waals surface area (Å²) in [5.74, 6) is 0.473. The molecule has 0 unspecified atom stereocenters. The van der Waals surface area contributed by atoms with Crippen LogP contribution in [0.2, 0.25) is 0 Å². The van der Waals surface area contributed by atoms with E-state index in [0.29, 0.717) is 20.2 Å². The molecule has 2 N–H and O–H groups in total. The molecule has 0 bridgehead atoms. The molecule has 3 rings (SSSR count). The molecular formula is C10H4Br2O2S2. The van der Waals surface area contributed by atoms with Crippen LogP contribution in [0.25, 0.3) is 20.2 Å².